The normalized spacial score (nSPS) is 10.7. The molecule has 4 heteroatoms. The van der Waals surface area contributed by atoms with Gasteiger partial charge in [-0.1, -0.05) is 6.07 Å². The Balaban J connectivity index is 2.82. The monoisotopic (exact) mass is 270 g/mol. The van der Waals surface area contributed by atoms with Gasteiger partial charge in [-0.3, -0.25) is 0 Å². The number of carboxylic acid groups (broad SMARTS) is 1. The molecule has 0 radical (unpaired) electrons. The highest BCUT2D eigenvalue weighted by molar-refractivity contribution is 9.10. The van der Waals surface area contributed by atoms with Gasteiger partial charge in [0.15, 0.2) is 0 Å². The molecule has 14 heavy (non-hydrogen) atoms. The van der Waals surface area contributed by atoms with Gasteiger partial charge in [-0.05, 0) is 45.9 Å². The van der Waals surface area contributed by atoms with Crippen LogP contribution in [0.4, 0.5) is 0 Å². The first kappa shape index (κ1) is 9.68. The van der Waals surface area contributed by atoms with E-state index >= 15 is 0 Å². The molecule has 0 aliphatic heterocycles. The quantitative estimate of drug-likeness (QED) is 0.859. The van der Waals surface area contributed by atoms with Gasteiger partial charge in [0.25, 0.3) is 0 Å². The number of benzene rings is 1. The van der Waals surface area contributed by atoms with Gasteiger partial charge in [-0.2, -0.15) is 0 Å². The largest absolute Gasteiger partial charge is 0.477 e. The predicted octanol–water partition coefficient (Wildman–Crippen LogP) is 3.67. The lowest BCUT2D eigenvalue weighted by Gasteiger charge is -1.96. The third-order valence-electron chi connectivity index (χ3n) is 2.06. The zero-order valence-corrected chi connectivity index (χ0v) is 9.78. The van der Waals surface area contributed by atoms with Gasteiger partial charge >= 0.3 is 5.97 Å². The molecule has 0 bridgehead atoms. The van der Waals surface area contributed by atoms with Gasteiger partial charge in [-0.15, -0.1) is 11.3 Å². The lowest BCUT2D eigenvalue weighted by atomic mass is 10.1. The van der Waals surface area contributed by atoms with Crippen LogP contribution in [-0.2, 0) is 0 Å². The average Bonchev–Trinajstić information content (AvgIpc) is 2.57. The molecule has 2 aromatic rings. The van der Waals surface area contributed by atoms with Gasteiger partial charge < -0.3 is 5.11 Å². The molecular formula is C10H7BrO2S. The fraction of sp³-hybridized carbons (Fsp3) is 0.100. The van der Waals surface area contributed by atoms with Gasteiger partial charge in [0, 0.05) is 9.17 Å². The predicted molar refractivity (Wildman–Crippen MR) is 61.2 cm³/mol. The molecule has 0 amide bonds. The maximum atomic E-state index is 10.8. The van der Waals surface area contributed by atoms with Crippen LogP contribution in [0.5, 0.6) is 0 Å². The minimum atomic E-state index is -0.863. The van der Waals surface area contributed by atoms with E-state index in [1.165, 1.54) is 11.3 Å². The number of hydrogen-bond acceptors (Lipinski definition) is 2. The lowest BCUT2D eigenvalue weighted by molar-refractivity contribution is 0.0702. The van der Waals surface area contributed by atoms with E-state index < -0.39 is 5.97 Å². The van der Waals surface area contributed by atoms with Crippen LogP contribution < -0.4 is 0 Å². The molecule has 1 aromatic heterocycles. The maximum Gasteiger partial charge on any atom is 0.345 e. The smallest absolute Gasteiger partial charge is 0.345 e. The standard InChI is InChI=1S/C10H7BrO2S/c1-5-2-3-7(11)9-6(5)4-8(14-9)10(12)13/h2-4H,1H3,(H,12,13). The van der Waals surface area contributed by atoms with E-state index in [0.717, 1.165) is 20.1 Å². The van der Waals surface area contributed by atoms with Crippen molar-refractivity contribution >= 4 is 43.3 Å². The molecule has 0 atom stereocenters. The highest BCUT2D eigenvalue weighted by atomic mass is 79.9. The molecular weight excluding hydrogens is 264 g/mol. The van der Waals surface area contributed by atoms with Crippen molar-refractivity contribution < 1.29 is 9.90 Å². The average molecular weight is 271 g/mol. The molecule has 1 heterocycles. The third kappa shape index (κ3) is 1.44. The molecule has 0 fully saturated rings. The van der Waals surface area contributed by atoms with Crippen molar-refractivity contribution in [1.82, 2.24) is 0 Å². The highest BCUT2D eigenvalue weighted by Gasteiger charge is 2.11. The molecule has 2 rings (SSSR count). The molecule has 1 N–H and O–H groups in total. The molecule has 0 aliphatic carbocycles. The van der Waals surface area contributed by atoms with Gasteiger partial charge in [-0.25, -0.2) is 4.79 Å². The van der Waals surface area contributed by atoms with E-state index in [2.05, 4.69) is 15.9 Å². The van der Waals surface area contributed by atoms with Crippen LogP contribution in [0.2, 0.25) is 0 Å². The fourth-order valence-electron chi connectivity index (χ4n) is 1.33. The van der Waals surface area contributed by atoms with Crippen LogP contribution in [-0.4, -0.2) is 11.1 Å². The first-order valence-corrected chi connectivity index (χ1v) is 5.62. The SMILES string of the molecule is Cc1ccc(Br)c2sc(C(=O)O)cc12. The maximum absolute atomic E-state index is 10.8. The van der Waals surface area contributed by atoms with Crippen LogP contribution in [0.3, 0.4) is 0 Å². The van der Waals surface area contributed by atoms with Crippen molar-refractivity contribution in [2.45, 2.75) is 6.92 Å². The van der Waals surface area contributed by atoms with Crippen molar-refractivity contribution in [3.05, 3.63) is 33.1 Å². The van der Waals surface area contributed by atoms with Crippen molar-refractivity contribution in [2.24, 2.45) is 0 Å². The molecule has 2 nitrogen and oxygen atoms in total. The Morgan fingerprint density at radius 3 is 2.79 bits per heavy atom. The molecule has 1 aromatic carbocycles. The molecule has 0 saturated heterocycles. The number of halogens is 1. The van der Waals surface area contributed by atoms with Gasteiger partial charge in [0.1, 0.15) is 4.88 Å². The number of fused-ring (bicyclic) bond motifs is 1. The first-order chi connectivity index (χ1) is 6.59. The summed E-state index contributed by atoms with van der Waals surface area (Å²) in [5.74, 6) is -0.863. The summed E-state index contributed by atoms with van der Waals surface area (Å²) < 4.78 is 1.96. The Hall–Kier alpha value is -0.870. The van der Waals surface area contributed by atoms with E-state index in [0.29, 0.717) is 4.88 Å². The van der Waals surface area contributed by atoms with Gasteiger partial charge in [0.2, 0.25) is 0 Å². The Labute approximate surface area is 93.3 Å². The summed E-state index contributed by atoms with van der Waals surface area (Å²) in [5.41, 5.74) is 1.10. The van der Waals surface area contributed by atoms with E-state index in [9.17, 15) is 4.79 Å². The second-order valence-electron chi connectivity index (χ2n) is 3.02. The molecule has 0 saturated carbocycles. The third-order valence-corrected chi connectivity index (χ3v) is 4.14. The lowest BCUT2D eigenvalue weighted by Crippen LogP contribution is -1.89. The summed E-state index contributed by atoms with van der Waals surface area (Å²) in [7, 11) is 0. The second-order valence-corrected chi connectivity index (χ2v) is 4.93. The molecule has 72 valence electrons. The number of carboxylic acids is 1. The summed E-state index contributed by atoms with van der Waals surface area (Å²) in [6.07, 6.45) is 0. The summed E-state index contributed by atoms with van der Waals surface area (Å²) in [6, 6.07) is 5.65. The zero-order chi connectivity index (χ0) is 10.3. The van der Waals surface area contributed by atoms with Crippen LogP contribution >= 0.6 is 27.3 Å². The van der Waals surface area contributed by atoms with E-state index in [-0.39, 0.29) is 0 Å². The number of aryl methyl sites for hydroxylation is 1. The van der Waals surface area contributed by atoms with Crippen LogP contribution in [0, 0.1) is 6.92 Å². The number of rotatable bonds is 1. The van der Waals surface area contributed by atoms with Crippen LogP contribution in [0.15, 0.2) is 22.7 Å². The summed E-state index contributed by atoms with van der Waals surface area (Å²) in [5, 5.41) is 9.88. The number of thiophene rings is 1. The van der Waals surface area contributed by atoms with Gasteiger partial charge in [0.05, 0.1) is 0 Å². The first-order valence-electron chi connectivity index (χ1n) is 4.01. The number of aromatic carboxylic acids is 1. The van der Waals surface area contributed by atoms with Crippen LogP contribution in [0.25, 0.3) is 10.1 Å². The zero-order valence-electron chi connectivity index (χ0n) is 7.37. The topological polar surface area (TPSA) is 37.3 Å². The van der Waals surface area contributed by atoms with Crippen LogP contribution in [0.1, 0.15) is 15.2 Å². The van der Waals surface area contributed by atoms with Crippen molar-refractivity contribution in [1.29, 1.82) is 0 Å². The molecule has 0 spiro atoms. The Morgan fingerprint density at radius 2 is 2.21 bits per heavy atom. The van der Waals surface area contributed by atoms with E-state index in [1.54, 1.807) is 6.07 Å². The van der Waals surface area contributed by atoms with Crippen molar-refractivity contribution in [2.75, 3.05) is 0 Å². The van der Waals surface area contributed by atoms with E-state index in [1.807, 2.05) is 19.1 Å². The highest BCUT2D eigenvalue weighted by Crippen LogP contribution is 2.34. The minimum absolute atomic E-state index is 0.384. The molecule has 0 unspecified atom stereocenters. The van der Waals surface area contributed by atoms with E-state index in [4.69, 9.17) is 5.11 Å². The Bertz CT molecular complexity index is 477. The molecule has 0 aliphatic rings. The fourth-order valence-corrected chi connectivity index (χ4v) is 2.90. The Morgan fingerprint density at radius 1 is 1.50 bits per heavy atom. The summed E-state index contributed by atoms with van der Waals surface area (Å²) >= 11 is 4.71. The second kappa shape index (κ2) is 3.37. The summed E-state index contributed by atoms with van der Waals surface area (Å²) in [6.45, 7) is 1.98. The number of hydrogen-bond donors (Lipinski definition) is 1. The minimum Gasteiger partial charge on any atom is -0.477 e. The Kier molecular flexibility index (Phi) is 2.33. The van der Waals surface area contributed by atoms with Crippen molar-refractivity contribution in [3.8, 4) is 0 Å². The number of carbonyl (C=O) groups is 1. The van der Waals surface area contributed by atoms with Crippen molar-refractivity contribution in [3.63, 3.8) is 0 Å². The summed E-state index contributed by atoms with van der Waals surface area (Å²) in [4.78, 5) is 11.2.